The number of hydrogen-bond donors (Lipinski definition) is 2. The van der Waals surface area contributed by atoms with Crippen molar-refractivity contribution >= 4 is 45.8 Å². The Morgan fingerprint density at radius 1 is 1.15 bits per heavy atom. The summed E-state index contributed by atoms with van der Waals surface area (Å²) in [7, 11) is 0. The van der Waals surface area contributed by atoms with E-state index in [-0.39, 0.29) is 11.9 Å². The molecule has 10 heteroatoms. The molecule has 0 radical (unpaired) electrons. The summed E-state index contributed by atoms with van der Waals surface area (Å²) < 4.78 is 1.85. The molecule has 0 saturated carbocycles. The van der Waals surface area contributed by atoms with E-state index in [1.54, 1.807) is 24.5 Å². The Morgan fingerprint density at radius 3 is 2.76 bits per heavy atom. The molecule has 4 N–H and O–H groups in total. The van der Waals surface area contributed by atoms with E-state index >= 15 is 0 Å². The van der Waals surface area contributed by atoms with E-state index in [0.29, 0.717) is 27.3 Å². The van der Waals surface area contributed by atoms with Crippen LogP contribution in [0.1, 0.15) is 34.5 Å². The van der Waals surface area contributed by atoms with Crippen LogP contribution in [0.2, 0.25) is 5.02 Å². The van der Waals surface area contributed by atoms with Gasteiger partial charge < -0.3 is 11.5 Å². The molecule has 1 aliphatic rings. The van der Waals surface area contributed by atoms with Crippen LogP contribution in [0.3, 0.4) is 0 Å². The molecule has 0 bridgehead atoms. The molecule has 34 heavy (non-hydrogen) atoms. The average molecular weight is 495 g/mol. The molecular formula is C24H23ClN6O2S. The maximum absolute atomic E-state index is 12.2. The number of primary amides is 2. The molecule has 1 saturated heterocycles. The Hall–Kier alpha value is -3.27. The molecule has 2 aromatic carbocycles. The molecule has 5 rings (SSSR count). The van der Waals surface area contributed by atoms with Crippen molar-refractivity contribution in [1.29, 1.82) is 0 Å². The zero-order valence-corrected chi connectivity index (χ0v) is 19.9. The molecule has 2 aromatic heterocycles. The number of hydrogen-bond acceptors (Lipinski definition) is 6. The van der Waals surface area contributed by atoms with Gasteiger partial charge in [0.15, 0.2) is 5.13 Å². The van der Waals surface area contributed by atoms with Crippen molar-refractivity contribution in [1.82, 2.24) is 19.4 Å². The van der Waals surface area contributed by atoms with Crippen molar-refractivity contribution in [3.8, 4) is 16.4 Å². The number of halogens is 1. The lowest BCUT2D eigenvalue weighted by Gasteiger charge is -2.33. The molecule has 1 atom stereocenters. The van der Waals surface area contributed by atoms with Crippen LogP contribution in [0, 0.1) is 0 Å². The van der Waals surface area contributed by atoms with Gasteiger partial charge in [0.25, 0.3) is 5.91 Å². The number of fused-ring (bicyclic) bond motifs is 1. The third-order valence-corrected chi connectivity index (χ3v) is 7.39. The largest absolute Gasteiger partial charge is 0.368 e. The second-order valence-electron chi connectivity index (χ2n) is 8.37. The number of imidazole rings is 1. The number of carbonyl (C=O) groups excluding carboxylic acids is 2. The summed E-state index contributed by atoms with van der Waals surface area (Å²) in [5, 5.41) is 1.13. The quantitative estimate of drug-likeness (QED) is 0.423. The zero-order chi connectivity index (χ0) is 23.8. The van der Waals surface area contributed by atoms with Crippen molar-refractivity contribution in [2.75, 3.05) is 6.54 Å². The van der Waals surface area contributed by atoms with Crippen molar-refractivity contribution < 1.29 is 9.59 Å². The molecule has 1 unspecified atom stereocenters. The van der Waals surface area contributed by atoms with E-state index in [0.717, 1.165) is 48.0 Å². The molecule has 0 aliphatic carbocycles. The SMILES string of the molecule is NC(=O)c1sc(-n2cnc3ccc(CN4CCCCC4C(N)=O)cc32)nc1-c1cccc(Cl)c1. The number of amides is 2. The summed E-state index contributed by atoms with van der Waals surface area (Å²) in [4.78, 5) is 35.8. The first kappa shape index (κ1) is 22.5. The molecule has 2 amide bonds. The number of likely N-dealkylation sites (tertiary alicyclic amines) is 1. The van der Waals surface area contributed by atoms with Crippen molar-refractivity contribution in [2.24, 2.45) is 11.5 Å². The highest BCUT2D eigenvalue weighted by Crippen LogP contribution is 2.33. The van der Waals surface area contributed by atoms with E-state index in [4.69, 9.17) is 28.1 Å². The second-order valence-corrected chi connectivity index (χ2v) is 9.78. The van der Waals surface area contributed by atoms with Crippen LogP contribution in [0.5, 0.6) is 0 Å². The Labute approximate surface area is 205 Å². The smallest absolute Gasteiger partial charge is 0.261 e. The van der Waals surface area contributed by atoms with Gasteiger partial charge in [-0.2, -0.15) is 0 Å². The van der Waals surface area contributed by atoms with Crippen LogP contribution < -0.4 is 11.5 Å². The van der Waals surface area contributed by atoms with Gasteiger partial charge in [-0.3, -0.25) is 19.1 Å². The van der Waals surface area contributed by atoms with Gasteiger partial charge in [-0.05, 0) is 49.2 Å². The fourth-order valence-electron chi connectivity index (χ4n) is 4.45. The molecule has 3 heterocycles. The van der Waals surface area contributed by atoms with Crippen molar-refractivity contribution in [3.63, 3.8) is 0 Å². The molecular weight excluding hydrogens is 472 g/mol. The standard InChI is InChI=1S/C24H23ClN6O2S/c25-16-5-3-4-15(11-16)20-21(23(27)33)34-24(29-20)31-13-28-17-8-7-14(10-19(17)31)12-30-9-2-1-6-18(30)22(26)32/h3-5,7-8,10-11,13,18H,1-2,6,9,12H2,(H2,26,32)(H2,27,33). The van der Waals surface area contributed by atoms with E-state index in [1.807, 2.05) is 28.8 Å². The second kappa shape index (κ2) is 9.17. The number of nitrogens with zero attached hydrogens (tertiary/aromatic N) is 4. The number of benzene rings is 2. The highest BCUT2D eigenvalue weighted by molar-refractivity contribution is 7.16. The molecule has 174 valence electrons. The first-order chi connectivity index (χ1) is 16.4. The third-order valence-electron chi connectivity index (χ3n) is 6.08. The average Bonchev–Trinajstić information content (AvgIpc) is 3.43. The van der Waals surface area contributed by atoms with E-state index in [1.165, 1.54) is 11.3 Å². The van der Waals surface area contributed by atoms with Gasteiger partial charge in [-0.15, -0.1) is 0 Å². The summed E-state index contributed by atoms with van der Waals surface area (Å²) in [6, 6.07) is 12.9. The molecule has 8 nitrogen and oxygen atoms in total. The van der Waals surface area contributed by atoms with Crippen LogP contribution in [0.15, 0.2) is 48.8 Å². The highest BCUT2D eigenvalue weighted by Gasteiger charge is 2.27. The Morgan fingerprint density at radius 2 is 2.00 bits per heavy atom. The highest BCUT2D eigenvalue weighted by atomic mass is 35.5. The molecule has 4 aromatic rings. The topological polar surface area (TPSA) is 120 Å². The summed E-state index contributed by atoms with van der Waals surface area (Å²) in [5.41, 5.74) is 15.2. The van der Waals surface area contributed by atoms with Crippen LogP contribution in [0.4, 0.5) is 0 Å². The number of carbonyl (C=O) groups is 2. The number of piperidine rings is 1. The van der Waals surface area contributed by atoms with Crippen molar-refractivity contribution in [3.05, 3.63) is 64.3 Å². The summed E-state index contributed by atoms with van der Waals surface area (Å²) in [6.45, 7) is 1.45. The van der Waals surface area contributed by atoms with Crippen LogP contribution in [-0.2, 0) is 11.3 Å². The minimum atomic E-state index is -0.550. The normalized spacial score (nSPS) is 16.7. The fraction of sp³-hybridized carbons (Fsp3) is 0.250. The zero-order valence-electron chi connectivity index (χ0n) is 18.3. The lowest BCUT2D eigenvalue weighted by Crippen LogP contribution is -2.47. The summed E-state index contributed by atoms with van der Waals surface area (Å²) >= 11 is 7.36. The lowest BCUT2D eigenvalue weighted by molar-refractivity contribution is -0.124. The summed E-state index contributed by atoms with van der Waals surface area (Å²) in [5.74, 6) is -0.826. The molecule has 0 spiro atoms. The van der Waals surface area contributed by atoms with Gasteiger partial charge >= 0.3 is 0 Å². The minimum Gasteiger partial charge on any atom is -0.368 e. The Kier molecular flexibility index (Phi) is 6.07. The Bertz CT molecular complexity index is 1400. The monoisotopic (exact) mass is 494 g/mol. The van der Waals surface area contributed by atoms with Gasteiger partial charge in [-0.1, -0.05) is 47.6 Å². The van der Waals surface area contributed by atoms with Crippen LogP contribution in [-0.4, -0.2) is 43.8 Å². The predicted molar refractivity (Wildman–Crippen MR) is 133 cm³/mol. The third kappa shape index (κ3) is 4.29. The fourth-order valence-corrected chi connectivity index (χ4v) is 5.57. The van der Waals surface area contributed by atoms with E-state index in [2.05, 4.69) is 9.88 Å². The number of rotatable bonds is 6. The Balaban J connectivity index is 1.53. The maximum Gasteiger partial charge on any atom is 0.261 e. The molecule has 1 fully saturated rings. The number of nitrogens with two attached hydrogens (primary N) is 2. The van der Waals surface area contributed by atoms with Gasteiger partial charge in [0.05, 0.1) is 22.8 Å². The maximum atomic E-state index is 12.2. The first-order valence-corrected chi connectivity index (χ1v) is 12.2. The van der Waals surface area contributed by atoms with Gasteiger partial charge in [0.1, 0.15) is 11.2 Å². The lowest BCUT2D eigenvalue weighted by atomic mass is 10.0. The number of thiazole rings is 1. The number of aromatic nitrogens is 3. The van der Waals surface area contributed by atoms with Gasteiger partial charge in [0.2, 0.25) is 5.91 Å². The van der Waals surface area contributed by atoms with E-state index < -0.39 is 5.91 Å². The first-order valence-electron chi connectivity index (χ1n) is 11.0. The molecule has 1 aliphatic heterocycles. The van der Waals surface area contributed by atoms with Gasteiger partial charge in [0, 0.05) is 17.1 Å². The van der Waals surface area contributed by atoms with E-state index in [9.17, 15) is 9.59 Å². The minimum absolute atomic E-state index is 0.244. The van der Waals surface area contributed by atoms with Gasteiger partial charge in [-0.25, -0.2) is 9.97 Å². The van der Waals surface area contributed by atoms with Crippen LogP contribution in [0.25, 0.3) is 27.4 Å². The predicted octanol–water partition coefficient (Wildman–Crippen LogP) is 3.74. The van der Waals surface area contributed by atoms with Crippen molar-refractivity contribution in [2.45, 2.75) is 31.8 Å². The summed E-state index contributed by atoms with van der Waals surface area (Å²) in [6.07, 6.45) is 4.53. The van der Waals surface area contributed by atoms with Crippen LogP contribution >= 0.6 is 22.9 Å².